The Morgan fingerprint density at radius 3 is 2.77 bits per heavy atom. The van der Waals surface area contributed by atoms with Crippen molar-refractivity contribution in [2.24, 2.45) is 0 Å². The molecule has 0 saturated carbocycles. The van der Waals surface area contributed by atoms with E-state index in [2.05, 4.69) is 4.98 Å². The number of alkyl halides is 3. The molecule has 22 heavy (non-hydrogen) atoms. The largest absolute Gasteiger partial charge is 0.508 e. The standard InChI is InChI=1S/C14H12F3N3O2/c15-14(16,17)10-5-8(7-19-13(10)18)20-3-4-22-12-2-1-9(21)6-11(12)20/h1-2,5-7,21H,3-4H2,(H2,18,19). The number of nitrogens with zero attached hydrogens (tertiary/aromatic N) is 2. The Labute approximate surface area is 123 Å². The van der Waals surface area contributed by atoms with Crippen LogP contribution in [0.3, 0.4) is 0 Å². The SMILES string of the molecule is Nc1ncc(N2CCOc3ccc(O)cc32)cc1C(F)(F)F. The Kier molecular flexibility index (Phi) is 3.23. The number of anilines is 3. The van der Waals surface area contributed by atoms with Crippen LogP contribution in [-0.4, -0.2) is 23.2 Å². The Balaban J connectivity index is 2.08. The predicted molar refractivity (Wildman–Crippen MR) is 74.3 cm³/mol. The number of ether oxygens (including phenoxy) is 1. The van der Waals surface area contributed by atoms with Crippen LogP contribution in [0.5, 0.6) is 11.5 Å². The van der Waals surface area contributed by atoms with E-state index in [9.17, 15) is 18.3 Å². The van der Waals surface area contributed by atoms with Gasteiger partial charge < -0.3 is 20.5 Å². The second-order valence-electron chi connectivity index (χ2n) is 4.78. The molecule has 3 N–H and O–H groups in total. The van der Waals surface area contributed by atoms with E-state index in [4.69, 9.17) is 10.5 Å². The van der Waals surface area contributed by atoms with E-state index in [1.165, 1.54) is 18.3 Å². The lowest BCUT2D eigenvalue weighted by Gasteiger charge is -2.31. The van der Waals surface area contributed by atoms with E-state index in [-0.39, 0.29) is 11.4 Å². The summed E-state index contributed by atoms with van der Waals surface area (Å²) in [6.07, 6.45) is -3.31. The normalized spacial score (nSPS) is 14.4. The molecule has 1 aliphatic rings. The Morgan fingerprint density at radius 2 is 2.05 bits per heavy atom. The number of nitrogens with two attached hydrogens (primary N) is 1. The molecule has 1 aromatic heterocycles. The summed E-state index contributed by atoms with van der Waals surface area (Å²) in [7, 11) is 0. The number of halogens is 3. The molecule has 2 heterocycles. The van der Waals surface area contributed by atoms with Crippen molar-refractivity contribution < 1.29 is 23.0 Å². The Hall–Kier alpha value is -2.64. The fourth-order valence-corrected chi connectivity index (χ4v) is 2.31. The lowest BCUT2D eigenvalue weighted by Crippen LogP contribution is -2.29. The highest BCUT2D eigenvalue weighted by Gasteiger charge is 2.35. The van der Waals surface area contributed by atoms with Crippen LogP contribution in [0.4, 0.5) is 30.4 Å². The molecular weight excluding hydrogens is 299 g/mol. The number of nitrogen functional groups attached to an aromatic ring is 1. The van der Waals surface area contributed by atoms with Crippen LogP contribution in [-0.2, 0) is 6.18 Å². The third-order valence-corrected chi connectivity index (χ3v) is 3.33. The highest BCUT2D eigenvalue weighted by atomic mass is 19.4. The van der Waals surface area contributed by atoms with Crippen LogP contribution in [0.2, 0.25) is 0 Å². The van der Waals surface area contributed by atoms with Crippen molar-refractivity contribution in [2.45, 2.75) is 6.18 Å². The topological polar surface area (TPSA) is 71.6 Å². The summed E-state index contributed by atoms with van der Waals surface area (Å²) in [4.78, 5) is 5.23. The van der Waals surface area contributed by atoms with Crippen LogP contribution in [0.1, 0.15) is 5.56 Å². The first-order valence-corrected chi connectivity index (χ1v) is 6.42. The van der Waals surface area contributed by atoms with Crippen molar-refractivity contribution >= 4 is 17.2 Å². The minimum atomic E-state index is -4.58. The summed E-state index contributed by atoms with van der Waals surface area (Å²) in [5.41, 5.74) is 5.03. The first-order chi connectivity index (χ1) is 10.4. The number of fused-ring (bicyclic) bond motifs is 1. The van der Waals surface area contributed by atoms with Gasteiger partial charge in [-0.15, -0.1) is 0 Å². The van der Waals surface area contributed by atoms with Crippen LogP contribution in [0, 0.1) is 0 Å². The van der Waals surface area contributed by atoms with Gasteiger partial charge >= 0.3 is 6.18 Å². The van der Waals surface area contributed by atoms with E-state index in [1.54, 1.807) is 11.0 Å². The van der Waals surface area contributed by atoms with Crippen LogP contribution >= 0.6 is 0 Å². The molecule has 1 aliphatic heterocycles. The minimum absolute atomic E-state index is 0.00583. The third-order valence-electron chi connectivity index (χ3n) is 3.33. The average Bonchev–Trinajstić information content (AvgIpc) is 2.46. The minimum Gasteiger partial charge on any atom is -0.508 e. The second kappa shape index (κ2) is 4.97. The van der Waals surface area contributed by atoms with Crippen molar-refractivity contribution in [1.29, 1.82) is 0 Å². The van der Waals surface area contributed by atoms with Gasteiger partial charge in [0.05, 0.1) is 29.7 Å². The number of rotatable bonds is 1. The van der Waals surface area contributed by atoms with Crippen molar-refractivity contribution in [1.82, 2.24) is 4.98 Å². The summed E-state index contributed by atoms with van der Waals surface area (Å²) in [5, 5.41) is 9.58. The van der Waals surface area contributed by atoms with Crippen LogP contribution in [0.25, 0.3) is 0 Å². The van der Waals surface area contributed by atoms with Gasteiger partial charge in [-0.25, -0.2) is 4.98 Å². The monoisotopic (exact) mass is 311 g/mol. The number of pyridine rings is 1. The smallest absolute Gasteiger partial charge is 0.420 e. The zero-order chi connectivity index (χ0) is 15.9. The molecule has 0 unspecified atom stereocenters. The highest BCUT2D eigenvalue weighted by Crippen LogP contribution is 2.41. The zero-order valence-corrected chi connectivity index (χ0v) is 11.3. The van der Waals surface area contributed by atoms with E-state index in [0.29, 0.717) is 24.6 Å². The number of aromatic hydroxyl groups is 1. The maximum Gasteiger partial charge on any atom is 0.420 e. The van der Waals surface area contributed by atoms with Gasteiger partial charge in [0.1, 0.15) is 23.9 Å². The molecule has 0 fully saturated rings. The maximum absolute atomic E-state index is 13.0. The maximum atomic E-state index is 13.0. The fraction of sp³-hybridized carbons (Fsp3) is 0.214. The lowest BCUT2D eigenvalue weighted by molar-refractivity contribution is -0.137. The molecule has 0 saturated heterocycles. The summed E-state index contributed by atoms with van der Waals surface area (Å²) >= 11 is 0. The van der Waals surface area contributed by atoms with Crippen molar-refractivity contribution in [3.8, 4) is 11.5 Å². The Morgan fingerprint density at radius 1 is 1.27 bits per heavy atom. The van der Waals surface area contributed by atoms with Crippen LogP contribution < -0.4 is 15.4 Å². The van der Waals surface area contributed by atoms with E-state index in [1.807, 2.05) is 0 Å². The molecule has 0 spiro atoms. The first kappa shape index (κ1) is 14.3. The number of aromatic nitrogens is 1. The number of hydrogen-bond acceptors (Lipinski definition) is 5. The molecule has 3 rings (SSSR count). The average molecular weight is 311 g/mol. The van der Waals surface area contributed by atoms with E-state index >= 15 is 0 Å². The Bertz CT molecular complexity index is 719. The van der Waals surface area contributed by atoms with E-state index < -0.39 is 17.6 Å². The molecule has 0 amide bonds. The first-order valence-electron chi connectivity index (χ1n) is 6.42. The van der Waals surface area contributed by atoms with Gasteiger partial charge in [-0.2, -0.15) is 13.2 Å². The van der Waals surface area contributed by atoms with Crippen molar-refractivity contribution in [3.05, 3.63) is 36.0 Å². The molecule has 1 aromatic carbocycles. The molecular formula is C14H12F3N3O2. The van der Waals surface area contributed by atoms with E-state index in [0.717, 1.165) is 6.07 Å². The van der Waals surface area contributed by atoms with Gasteiger partial charge in [-0.1, -0.05) is 0 Å². The quantitative estimate of drug-likeness (QED) is 0.847. The molecule has 0 bridgehead atoms. The molecule has 116 valence electrons. The molecule has 0 aliphatic carbocycles. The van der Waals surface area contributed by atoms with Gasteiger partial charge in [0.2, 0.25) is 0 Å². The molecule has 0 radical (unpaired) electrons. The number of phenols is 1. The van der Waals surface area contributed by atoms with Crippen molar-refractivity contribution in [3.63, 3.8) is 0 Å². The van der Waals surface area contributed by atoms with Crippen molar-refractivity contribution in [2.75, 3.05) is 23.8 Å². The number of phenolic OH excluding ortho intramolecular Hbond substituents is 1. The van der Waals surface area contributed by atoms with Gasteiger partial charge in [0, 0.05) is 6.07 Å². The highest BCUT2D eigenvalue weighted by molar-refractivity contribution is 5.72. The summed E-state index contributed by atoms with van der Waals surface area (Å²) in [5.74, 6) is -0.0937. The molecule has 0 atom stereocenters. The summed E-state index contributed by atoms with van der Waals surface area (Å²) in [6, 6.07) is 5.39. The lowest BCUT2D eigenvalue weighted by atomic mass is 10.1. The third kappa shape index (κ3) is 2.47. The predicted octanol–water partition coefficient (Wildman–Crippen LogP) is 2.92. The van der Waals surface area contributed by atoms with Gasteiger partial charge in [-0.3, -0.25) is 0 Å². The number of benzene rings is 1. The molecule has 2 aromatic rings. The van der Waals surface area contributed by atoms with Crippen LogP contribution in [0.15, 0.2) is 30.5 Å². The second-order valence-corrected chi connectivity index (χ2v) is 4.78. The van der Waals surface area contributed by atoms with Gasteiger partial charge in [0.15, 0.2) is 0 Å². The fourth-order valence-electron chi connectivity index (χ4n) is 2.31. The summed E-state index contributed by atoms with van der Waals surface area (Å²) < 4.78 is 44.3. The van der Waals surface area contributed by atoms with Gasteiger partial charge in [-0.05, 0) is 18.2 Å². The van der Waals surface area contributed by atoms with Gasteiger partial charge in [0.25, 0.3) is 0 Å². The molecule has 5 nitrogen and oxygen atoms in total. The number of hydrogen-bond donors (Lipinski definition) is 2. The molecule has 8 heteroatoms. The zero-order valence-electron chi connectivity index (χ0n) is 11.3. The summed E-state index contributed by atoms with van der Waals surface area (Å²) in [6.45, 7) is 0.642.